The summed E-state index contributed by atoms with van der Waals surface area (Å²) in [4.78, 5) is 2.89. The second-order valence-electron chi connectivity index (χ2n) is 10.9. The van der Waals surface area contributed by atoms with E-state index in [-0.39, 0.29) is 0 Å². The number of fused-ring (bicyclic) bond motifs is 4. The van der Waals surface area contributed by atoms with Crippen LogP contribution in [0.4, 0.5) is 0 Å². The lowest BCUT2D eigenvalue weighted by Crippen LogP contribution is -2.54. The van der Waals surface area contributed by atoms with Gasteiger partial charge in [0.1, 0.15) is 0 Å². The normalized spacial score (nSPS) is 54.5. The van der Waals surface area contributed by atoms with E-state index in [1.807, 2.05) is 0 Å². The van der Waals surface area contributed by atoms with Crippen molar-refractivity contribution >= 4 is 0 Å². The molecule has 4 aliphatic carbocycles. The molecule has 4 rings (SSSR count). The molecule has 0 aromatic carbocycles. The molecule has 22 heavy (non-hydrogen) atoms. The maximum absolute atomic E-state index is 2.89. The van der Waals surface area contributed by atoms with Gasteiger partial charge in [-0.25, -0.2) is 0 Å². The smallest absolute Gasteiger partial charge is 0.0157 e. The predicted octanol–water partition coefficient (Wildman–Crippen LogP) is 5.35. The molecule has 4 saturated carbocycles. The molecule has 0 radical (unpaired) electrons. The molecule has 0 spiro atoms. The molecule has 4 fully saturated rings. The van der Waals surface area contributed by atoms with E-state index < -0.39 is 0 Å². The van der Waals surface area contributed by atoms with Gasteiger partial charge in [0.05, 0.1) is 0 Å². The van der Waals surface area contributed by atoms with E-state index in [9.17, 15) is 0 Å². The number of hydrogen-bond acceptors (Lipinski definition) is 1. The molecule has 0 heterocycles. The molecule has 0 aromatic rings. The van der Waals surface area contributed by atoms with E-state index in [2.05, 4.69) is 53.5 Å². The fourth-order valence-corrected chi connectivity index (χ4v) is 7.77. The fraction of sp³-hybridized carbons (Fsp3) is 1.00. The van der Waals surface area contributed by atoms with Gasteiger partial charge in [-0.2, -0.15) is 0 Å². The lowest BCUT2D eigenvalue weighted by atomic mass is 9.66. The fourth-order valence-electron chi connectivity index (χ4n) is 7.77. The van der Waals surface area contributed by atoms with Crippen molar-refractivity contribution in [1.29, 1.82) is 0 Å². The Morgan fingerprint density at radius 3 is 1.27 bits per heavy atom. The highest BCUT2D eigenvalue weighted by Crippen LogP contribution is 2.70. The third kappa shape index (κ3) is 1.47. The van der Waals surface area contributed by atoms with Crippen molar-refractivity contribution in [1.82, 2.24) is 4.90 Å². The van der Waals surface area contributed by atoms with Crippen LogP contribution in [0.3, 0.4) is 0 Å². The molecule has 126 valence electrons. The van der Waals surface area contributed by atoms with Gasteiger partial charge in [-0.3, -0.25) is 4.90 Å². The highest BCUT2D eigenvalue weighted by molar-refractivity contribution is 5.18. The second-order valence-corrected chi connectivity index (χ2v) is 10.9. The Hall–Kier alpha value is -0.0400. The van der Waals surface area contributed by atoms with Crippen LogP contribution in [0, 0.1) is 33.5 Å². The van der Waals surface area contributed by atoms with E-state index in [1.54, 1.807) is 0 Å². The maximum atomic E-state index is 2.89. The first-order chi connectivity index (χ1) is 10.1. The van der Waals surface area contributed by atoms with Crippen LogP contribution in [0.2, 0.25) is 0 Å². The second kappa shape index (κ2) is 4.13. The Bertz CT molecular complexity index is 448. The summed E-state index contributed by atoms with van der Waals surface area (Å²) in [5, 5.41) is 0. The molecule has 0 aromatic heterocycles. The molecule has 1 nitrogen and oxygen atoms in total. The van der Waals surface area contributed by atoms with Gasteiger partial charge in [-0.1, -0.05) is 41.5 Å². The van der Waals surface area contributed by atoms with Crippen LogP contribution in [0.5, 0.6) is 0 Å². The number of hydrogen-bond donors (Lipinski definition) is 0. The van der Waals surface area contributed by atoms with E-state index >= 15 is 0 Å². The summed E-state index contributed by atoms with van der Waals surface area (Å²) in [6, 6.07) is 1.64. The van der Waals surface area contributed by atoms with Crippen LogP contribution >= 0.6 is 0 Å². The molecular weight excluding hydrogens is 266 g/mol. The van der Waals surface area contributed by atoms with Gasteiger partial charge < -0.3 is 0 Å². The quantitative estimate of drug-likeness (QED) is 0.665. The molecule has 6 unspecified atom stereocenters. The van der Waals surface area contributed by atoms with E-state index in [1.165, 1.54) is 38.5 Å². The van der Waals surface area contributed by atoms with E-state index in [4.69, 9.17) is 0 Å². The van der Waals surface area contributed by atoms with Gasteiger partial charge in [0, 0.05) is 12.1 Å². The average molecular weight is 304 g/mol. The van der Waals surface area contributed by atoms with Crippen LogP contribution in [-0.2, 0) is 0 Å². The summed E-state index contributed by atoms with van der Waals surface area (Å²) < 4.78 is 0. The average Bonchev–Trinajstić information content (AvgIpc) is 2.96. The summed E-state index contributed by atoms with van der Waals surface area (Å²) in [5.41, 5.74) is 2.16. The van der Waals surface area contributed by atoms with Crippen molar-refractivity contribution < 1.29 is 0 Å². The van der Waals surface area contributed by atoms with Gasteiger partial charge >= 0.3 is 0 Å². The highest BCUT2D eigenvalue weighted by atomic mass is 15.2. The summed E-state index contributed by atoms with van der Waals surface area (Å²) in [5.74, 6) is 1.92. The molecule has 1 heteroatoms. The van der Waals surface area contributed by atoms with Gasteiger partial charge in [0.25, 0.3) is 0 Å². The Morgan fingerprint density at radius 1 is 0.682 bits per heavy atom. The zero-order chi connectivity index (χ0) is 16.1. The van der Waals surface area contributed by atoms with Crippen molar-refractivity contribution in [2.45, 2.75) is 92.2 Å². The zero-order valence-corrected chi connectivity index (χ0v) is 16.0. The lowest BCUT2D eigenvalue weighted by molar-refractivity contribution is -0.0179. The van der Waals surface area contributed by atoms with Crippen LogP contribution in [0.1, 0.15) is 80.1 Å². The molecule has 0 N–H and O–H groups in total. The summed E-state index contributed by atoms with van der Waals surface area (Å²) in [6.45, 7) is 15.5. The third-order valence-corrected chi connectivity index (χ3v) is 10.5. The van der Waals surface area contributed by atoms with Crippen LogP contribution in [0.25, 0.3) is 0 Å². The number of rotatable bonds is 2. The summed E-state index contributed by atoms with van der Waals surface area (Å²) >= 11 is 0. The molecule has 0 aliphatic heterocycles. The van der Waals surface area contributed by atoms with Crippen LogP contribution < -0.4 is 0 Å². The topological polar surface area (TPSA) is 3.24 Å². The van der Waals surface area contributed by atoms with Gasteiger partial charge in [-0.15, -0.1) is 0 Å². The number of nitrogens with zero attached hydrogens (tertiary/aromatic N) is 1. The van der Waals surface area contributed by atoms with E-state index in [0.717, 1.165) is 23.9 Å². The summed E-state index contributed by atoms with van der Waals surface area (Å²) in [7, 11) is 2.49. The minimum absolute atomic E-state index is 0.536. The maximum Gasteiger partial charge on any atom is 0.0157 e. The highest BCUT2D eigenvalue weighted by Gasteiger charge is 2.67. The third-order valence-electron chi connectivity index (χ3n) is 10.5. The van der Waals surface area contributed by atoms with Crippen molar-refractivity contribution in [3.63, 3.8) is 0 Å². The Morgan fingerprint density at radius 2 is 1.05 bits per heavy atom. The van der Waals surface area contributed by atoms with Gasteiger partial charge in [0.15, 0.2) is 0 Å². The molecule has 6 atom stereocenters. The predicted molar refractivity (Wildman–Crippen MR) is 93.8 cm³/mol. The van der Waals surface area contributed by atoms with Crippen LogP contribution in [0.15, 0.2) is 0 Å². The Labute approximate surface area is 138 Å². The standard InChI is InChI=1S/C21H37N/c1-18(2)14-8-10-20(18,5)16(12-14)22(7)17-13-15-9-11-21(17,6)19(15,3)4/h14-17H,8-13H2,1-7H3. The SMILES string of the molecule is CN(C1CC2CCC1(C)C2(C)C)C1CC2CCC1(C)C2(C)C. The van der Waals surface area contributed by atoms with Crippen molar-refractivity contribution in [3.8, 4) is 0 Å². The zero-order valence-electron chi connectivity index (χ0n) is 16.0. The minimum Gasteiger partial charge on any atom is -0.299 e. The first kappa shape index (κ1) is 15.5. The molecule has 4 bridgehead atoms. The largest absolute Gasteiger partial charge is 0.299 e. The first-order valence-corrected chi connectivity index (χ1v) is 9.77. The Balaban J connectivity index is 1.64. The minimum atomic E-state index is 0.536. The van der Waals surface area contributed by atoms with E-state index in [0.29, 0.717) is 21.7 Å². The molecule has 4 aliphatic rings. The molecule has 0 saturated heterocycles. The van der Waals surface area contributed by atoms with Crippen LogP contribution in [-0.4, -0.2) is 24.0 Å². The van der Waals surface area contributed by atoms with Gasteiger partial charge in [0.2, 0.25) is 0 Å². The van der Waals surface area contributed by atoms with Gasteiger partial charge in [-0.05, 0) is 79.1 Å². The van der Waals surface area contributed by atoms with Crippen molar-refractivity contribution in [2.24, 2.45) is 33.5 Å². The lowest BCUT2D eigenvalue weighted by Gasteiger charge is -2.50. The monoisotopic (exact) mass is 303 g/mol. The molecule has 0 amide bonds. The Kier molecular flexibility index (Phi) is 2.91. The molecular formula is C21H37N. The summed E-state index contributed by atoms with van der Waals surface area (Å²) in [6.07, 6.45) is 8.77. The van der Waals surface area contributed by atoms with Crippen molar-refractivity contribution in [3.05, 3.63) is 0 Å². The van der Waals surface area contributed by atoms with Crippen molar-refractivity contribution in [2.75, 3.05) is 7.05 Å². The first-order valence-electron chi connectivity index (χ1n) is 9.77.